The highest BCUT2D eigenvalue weighted by molar-refractivity contribution is 5.81. The molecule has 0 spiro atoms. The van der Waals surface area contributed by atoms with Gasteiger partial charge in [-0.15, -0.1) is 0 Å². The summed E-state index contributed by atoms with van der Waals surface area (Å²) < 4.78 is 6.06. The van der Waals surface area contributed by atoms with E-state index in [0.29, 0.717) is 16.9 Å². The largest absolute Gasteiger partial charge is 0.457 e. The fraction of sp³-hybridized carbons (Fsp3) is 0.440. The van der Waals surface area contributed by atoms with Gasteiger partial charge in [-0.3, -0.25) is 9.78 Å². The van der Waals surface area contributed by atoms with Gasteiger partial charge in [-0.05, 0) is 87.0 Å². The molecule has 5 nitrogen and oxygen atoms in total. The van der Waals surface area contributed by atoms with Crippen LogP contribution in [0.5, 0.6) is 11.5 Å². The molecule has 0 amide bonds. The Bertz CT molecular complexity index is 1130. The number of aromatic amines is 1. The van der Waals surface area contributed by atoms with Gasteiger partial charge >= 0.3 is 0 Å². The third kappa shape index (κ3) is 3.08. The first kappa shape index (κ1) is 18.0. The molecule has 4 fully saturated rings. The number of hydrogen-bond donors (Lipinski definition) is 2. The summed E-state index contributed by atoms with van der Waals surface area (Å²) in [6, 6.07) is 13.5. The first-order valence-electron chi connectivity index (χ1n) is 11.1. The van der Waals surface area contributed by atoms with Crippen LogP contribution in [0, 0.1) is 24.7 Å². The Morgan fingerprint density at radius 3 is 2.37 bits per heavy atom. The zero-order valence-electron chi connectivity index (χ0n) is 17.3. The molecule has 7 rings (SSSR count). The van der Waals surface area contributed by atoms with E-state index in [4.69, 9.17) is 9.72 Å². The fourth-order valence-corrected chi connectivity index (χ4v) is 6.57. The molecule has 0 saturated heterocycles. The number of anilines is 1. The first-order chi connectivity index (χ1) is 14.6. The van der Waals surface area contributed by atoms with Crippen LogP contribution in [-0.4, -0.2) is 15.5 Å². The molecular weight excluding hydrogens is 374 g/mol. The molecule has 0 radical (unpaired) electrons. The van der Waals surface area contributed by atoms with Crippen LogP contribution >= 0.6 is 0 Å². The van der Waals surface area contributed by atoms with Crippen molar-refractivity contribution < 1.29 is 4.74 Å². The molecule has 1 heterocycles. The number of ether oxygens (including phenoxy) is 1. The van der Waals surface area contributed by atoms with E-state index in [2.05, 4.69) is 10.3 Å². The molecule has 2 aromatic carbocycles. The number of rotatable bonds is 4. The highest BCUT2D eigenvalue weighted by Gasteiger charge is 2.51. The van der Waals surface area contributed by atoms with Crippen molar-refractivity contribution in [2.24, 2.45) is 17.8 Å². The standard InChI is InChI=1S/C25H27N3O2/c1-15-7-20-21(11-22(15)30-19-5-3-2-4-6-19)26-24(27-23(20)29)28-25-12-16-8-17(13-25)10-18(9-16)14-25/h2-7,11,16-18H,8-10,12-14H2,1H3,(H2,26,27,28,29). The lowest BCUT2D eigenvalue weighted by atomic mass is 9.53. The minimum Gasteiger partial charge on any atom is -0.457 e. The molecule has 4 aliphatic rings. The summed E-state index contributed by atoms with van der Waals surface area (Å²) in [4.78, 5) is 20.6. The molecule has 1 aromatic heterocycles. The van der Waals surface area contributed by atoms with Crippen molar-refractivity contribution in [3.63, 3.8) is 0 Å². The van der Waals surface area contributed by atoms with Gasteiger partial charge in [-0.25, -0.2) is 4.98 Å². The van der Waals surface area contributed by atoms with Crippen molar-refractivity contribution in [1.29, 1.82) is 0 Å². The number of nitrogens with zero attached hydrogens (tertiary/aromatic N) is 1. The van der Waals surface area contributed by atoms with E-state index >= 15 is 0 Å². The van der Waals surface area contributed by atoms with Gasteiger partial charge in [0.15, 0.2) is 0 Å². The van der Waals surface area contributed by atoms with Crippen LogP contribution in [-0.2, 0) is 0 Å². The van der Waals surface area contributed by atoms with Crippen LogP contribution in [0.25, 0.3) is 10.9 Å². The third-order valence-electron chi connectivity index (χ3n) is 7.39. The van der Waals surface area contributed by atoms with Gasteiger partial charge in [0.1, 0.15) is 11.5 Å². The number of nitrogens with one attached hydrogen (secondary N) is 2. The van der Waals surface area contributed by atoms with E-state index in [9.17, 15) is 4.79 Å². The van der Waals surface area contributed by atoms with Crippen LogP contribution in [0.15, 0.2) is 47.3 Å². The molecule has 4 bridgehead atoms. The van der Waals surface area contributed by atoms with Crippen molar-refractivity contribution in [3.05, 3.63) is 58.4 Å². The van der Waals surface area contributed by atoms with Crippen molar-refractivity contribution in [2.75, 3.05) is 5.32 Å². The number of hydrogen-bond acceptors (Lipinski definition) is 4. The first-order valence-corrected chi connectivity index (χ1v) is 11.1. The molecule has 3 aromatic rings. The van der Waals surface area contributed by atoms with Gasteiger partial charge in [0, 0.05) is 11.6 Å². The number of para-hydroxylation sites is 1. The summed E-state index contributed by atoms with van der Waals surface area (Å²) in [5.74, 6) is 4.62. The Morgan fingerprint density at radius 1 is 1.03 bits per heavy atom. The summed E-state index contributed by atoms with van der Waals surface area (Å²) in [5, 5.41) is 4.30. The number of aryl methyl sites for hydroxylation is 1. The summed E-state index contributed by atoms with van der Waals surface area (Å²) in [7, 11) is 0. The highest BCUT2D eigenvalue weighted by atomic mass is 16.5. The van der Waals surface area contributed by atoms with Gasteiger partial charge in [0.05, 0.1) is 10.9 Å². The van der Waals surface area contributed by atoms with Crippen LogP contribution in [0.1, 0.15) is 44.1 Å². The summed E-state index contributed by atoms with van der Waals surface area (Å²) >= 11 is 0. The lowest BCUT2D eigenvalue weighted by Gasteiger charge is -2.56. The van der Waals surface area contributed by atoms with Crippen LogP contribution in [0.3, 0.4) is 0 Å². The number of benzene rings is 2. The number of fused-ring (bicyclic) bond motifs is 1. The maximum atomic E-state index is 12.8. The predicted octanol–water partition coefficient (Wildman–Crippen LogP) is 5.40. The zero-order valence-corrected chi connectivity index (χ0v) is 17.3. The fourth-order valence-electron chi connectivity index (χ4n) is 6.57. The van der Waals surface area contributed by atoms with E-state index < -0.39 is 0 Å². The highest BCUT2D eigenvalue weighted by Crippen LogP contribution is 2.56. The average molecular weight is 402 g/mol. The van der Waals surface area contributed by atoms with E-state index in [0.717, 1.165) is 34.8 Å². The third-order valence-corrected chi connectivity index (χ3v) is 7.39. The molecule has 5 heteroatoms. The smallest absolute Gasteiger partial charge is 0.260 e. The molecule has 154 valence electrons. The second-order valence-corrected chi connectivity index (χ2v) is 9.79. The van der Waals surface area contributed by atoms with Gasteiger partial charge in [-0.2, -0.15) is 0 Å². The van der Waals surface area contributed by atoms with Crippen LogP contribution in [0.2, 0.25) is 0 Å². The van der Waals surface area contributed by atoms with E-state index in [1.165, 1.54) is 38.5 Å². The molecule has 0 aliphatic heterocycles. The normalized spacial score (nSPS) is 29.3. The van der Waals surface area contributed by atoms with Crippen LogP contribution in [0.4, 0.5) is 5.95 Å². The van der Waals surface area contributed by atoms with Crippen molar-refractivity contribution in [2.45, 2.75) is 51.0 Å². The van der Waals surface area contributed by atoms with Gasteiger partial charge in [0.25, 0.3) is 5.56 Å². The summed E-state index contributed by atoms with van der Waals surface area (Å²) in [5.41, 5.74) is 1.59. The van der Waals surface area contributed by atoms with Crippen LogP contribution < -0.4 is 15.6 Å². The summed E-state index contributed by atoms with van der Waals surface area (Å²) in [6.45, 7) is 1.96. The van der Waals surface area contributed by atoms with Gasteiger partial charge < -0.3 is 10.1 Å². The Hall–Kier alpha value is -2.82. The van der Waals surface area contributed by atoms with E-state index in [1.807, 2.05) is 49.4 Å². The monoisotopic (exact) mass is 401 g/mol. The minimum absolute atomic E-state index is 0.0958. The second kappa shape index (κ2) is 6.59. The second-order valence-electron chi connectivity index (χ2n) is 9.79. The minimum atomic E-state index is -0.0958. The maximum Gasteiger partial charge on any atom is 0.260 e. The van der Waals surface area contributed by atoms with E-state index in [-0.39, 0.29) is 11.1 Å². The lowest BCUT2D eigenvalue weighted by molar-refractivity contribution is 0.0103. The van der Waals surface area contributed by atoms with Crippen molar-refractivity contribution >= 4 is 16.9 Å². The molecule has 0 atom stereocenters. The molecule has 0 unspecified atom stereocenters. The average Bonchev–Trinajstić information content (AvgIpc) is 2.69. The quantitative estimate of drug-likeness (QED) is 0.614. The Balaban J connectivity index is 1.35. The molecule has 4 saturated carbocycles. The molecule has 2 N–H and O–H groups in total. The van der Waals surface area contributed by atoms with Gasteiger partial charge in [0.2, 0.25) is 5.95 Å². The summed E-state index contributed by atoms with van der Waals surface area (Å²) in [6.07, 6.45) is 7.79. The molecular formula is C25H27N3O2. The lowest BCUT2D eigenvalue weighted by Crippen LogP contribution is -2.55. The predicted molar refractivity (Wildman–Crippen MR) is 118 cm³/mol. The maximum absolute atomic E-state index is 12.8. The number of H-pyrrole nitrogens is 1. The molecule has 4 aliphatic carbocycles. The SMILES string of the molecule is Cc1cc2c(=O)[nH]c(NC34CC5CC(CC(C5)C3)C4)nc2cc1Oc1ccccc1. The van der Waals surface area contributed by atoms with E-state index in [1.54, 1.807) is 0 Å². The Kier molecular flexibility index (Phi) is 3.95. The Morgan fingerprint density at radius 2 is 1.70 bits per heavy atom. The topological polar surface area (TPSA) is 67.0 Å². The molecule has 30 heavy (non-hydrogen) atoms. The van der Waals surface area contributed by atoms with Gasteiger partial charge in [-0.1, -0.05) is 18.2 Å². The van der Waals surface area contributed by atoms with Crippen molar-refractivity contribution in [3.8, 4) is 11.5 Å². The number of aromatic nitrogens is 2. The Labute approximate surface area is 175 Å². The van der Waals surface area contributed by atoms with Crippen molar-refractivity contribution in [1.82, 2.24) is 9.97 Å². The zero-order chi connectivity index (χ0) is 20.3.